The highest BCUT2D eigenvalue weighted by Gasteiger charge is 2.43. The summed E-state index contributed by atoms with van der Waals surface area (Å²) in [4.78, 5) is 0. The van der Waals surface area contributed by atoms with Crippen LogP contribution >= 0.6 is 0 Å². The van der Waals surface area contributed by atoms with Gasteiger partial charge in [-0.2, -0.15) is 8.42 Å². The van der Waals surface area contributed by atoms with Crippen molar-refractivity contribution < 1.29 is 26.2 Å². The van der Waals surface area contributed by atoms with Gasteiger partial charge in [-0.1, -0.05) is 84.0 Å². The summed E-state index contributed by atoms with van der Waals surface area (Å²) in [6, 6.07) is 10.1. The number of hydrogen-bond acceptors (Lipinski definition) is 6. The van der Waals surface area contributed by atoms with Crippen LogP contribution in [0.2, 0.25) is 36.3 Å². The van der Waals surface area contributed by atoms with E-state index in [1.807, 2.05) is 36.4 Å². The third-order valence-electron chi connectivity index (χ3n) is 7.30. The summed E-state index contributed by atoms with van der Waals surface area (Å²) in [7, 11) is -7.63. The number of hydrogen-bond donors (Lipinski definition) is 0. The number of rotatable bonds is 14. The van der Waals surface area contributed by atoms with E-state index in [1.165, 1.54) is 0 Å². The molecule has 208 valence electrons. The Labute approximate surface area is 223 Å². The van der Waals surface area contributed by atoms with Gasteiger partial charge in [0, 0.05) is 0 Å². The average Bonchev–Trinajstić information content (AvgIpc) is 2.71. The van der Waals surface area contributed by atoms with Gasteiger partial charge in [-0.3, -0.25) is 4.18 Å². The Morgan fingerprint density at radius 3 is 1.92 bits per heavy atom. The molecule has 0 amide bonds. The fourth-order valence-electron chi connectivity index (χ4n) is 2.85. The molecular weight excluding hydrogens is 509 g/mol. The minimum absolute atomic E-state index is 0.00152. The van der Waals surface area contributed by atoms with Crippen molar-refractivity contribution in [1.82, 2.24) is 0 Å². The lowest BCUT2D eigenvalue weighted by atomic mass is 10.1. The van der Waals surface area contributed by atoms with Gasteiger partial charge in [0.25, 0.3) is 10.1 Å². The first-order chi connectivity index (χ1) is 16.3. The van der Waals surface area contributed by atoms with E-state index in [-0.39, 0.29) is 28.9 Å². The average molecular weight is 559 g/mol. The van der Waals surface area contributed by atoms with E-state index in [2.05, 4.69) is 67.7 Å². The summed E-state index contributed by atoms with van der Waals surface area (Å²) >= 11 is 0. The molecule has 9 heteroatoms. The molecule has 36 heavy (non-hydrogen) atoms. The van der Waals surface area contributed by atoms with E-state index in [9.17, 15) is 8.42 Å². The zero-order valence-corrected chi connectivity index (χ0v) is 27.2. The maximum absolute atomic E-state index is 11.3. The summed E-state index contributed by atoms with van der Waals surface area (Å²) in [5.74, 6) is 0. The molecule has 0 aliphatic rings. The summed E-state index contributed by atoms with van der Waals surface area (Å²) in [6.45, 7) is 23.3. The second-order valence-electron chi connectivity index (χ2n) is 12.5. The van der Waals surface area contributed by atoms with Crippen LogP contribution in [0.15, 0.2) is 42.5 Å². The minimum atomic E-state index is -3.48. The van der Waals surface area contributed by atoms with Crippen LogP contribution in [-0.4, -0.2) is 56.7 Å². The fourth-order valence-corrected chi connectivity index (χ4v) is 5.52. The van der Waals surface area contributed by atoms with E-state index < -0.39 is 26.8 Å². The zero-order chi connectivity index (χ0) is 27.8. The lowest BCUT2D eigenvalue weighted by Gasteiger charge is -2.43. The highest BCUT2D eigenvalue weighted by molar-refractivity contribution is 7.85. The van der Waals surface area contributed by atoms with Gasteiger partial charge in [0.1, 0.15) is 0 Å². The van der Waals surface area contributed by atoms with Crippen molar-refractivity contribution in [3.8, 4) is 0 Å². The molecule has 0 saturated heterocycles. The molecule has 1 rings (SSSR count). The molecule has 2 atom stereocenters. The smallest absolute Gasteiger partial charge is 0.264 e. The molecule has 1 aromatic rings. The van der Waals surface area contributed by atoms with Crippen molar-refractivity contribution in [2.75, 3.05) is 19.5 Å². The van der Waals surface area contributed by atoms with E-state index in [1.54, 1.807) is 6.08 Å². The van der Waals surface area contributed by atoms with Crippen molar-refractivity contribution in [3.05, 3.63) is 48.0 Å². The standard InChI is InChI=1S/C27H50O6SSi2/c1-26(2,3)35(8,9)32-22-25(33-36(10,11)27(4,5)6)24(19-15-16-20-31-34(7,28)29)30-21-23-17-13-12-14-18-23/h12-18,24-25H,19-22H2,1-11H3/b16-15+/t24-,25+/m0/s1. The zero-order valence-electron chi connectivity index (χ0n) is 24.4. The van der Waals surface area contributed by atoms with Crippen molar-refractivity contribution in [2.24, 2.45) is 0 Å². The summed E-state index contributed by atoms with van der Waals surface area (Å²) < 4.78 is 47.5. The first-order valence-electron chi connectivity index (χ1n) is 12.7. The minimum Gasteiger partial charge on any atom is -0.414 e. The molecule has 6 nitrogen and oxygen atoms in total. The van der Waals surface area contributed by atoms with E-state index >= 15 is 0 Å². The molecule has 0 N–H and O–H groups in total. The van der Waals surface area contributed by atoms with Gasteiger partial charge in [0.05, 0.1) is 38.3 Å². The highest BCUT2D eigenvalue weighted by atomic mass is 32.2. The van der Waals surface area contributed by atoms with Crippen LogP contribution in [0.3, 0.4) is 0 Å². The normalized spacial score (nSPS) is 15.9. The fraction of sp³-hybridized carbons (Fsp3) is 0.704. The van der Waals surface area contributed by atoms with Gasteiger partial charge in [-0.25, -0.2) is 0 Å². The second-order valence-corrected chi connectivity index (χ2v) is 23.7. The van der Waals surface area contributed by atoms with Gasteiger partial charge in [0.15, 0.2) is 16.6 Å². The lowest BCUT2D eigenvalue weighted by molar-refractivity contribution is -0.0548. The van der Waals surface area contributed by atoms with Crippen LogP contribution in [0.4, 0.5) is 0 Å². The van der Waals surface area contributed by atoms with E-state index in [0.29, 0.717) is 19.6 Å². The molecule has 0 heterocycles. The van der Waals surface area contributed by atoms with Gasteiger partial charge < -0.3 is 13.6 Å². The molecule has 0 aliphatic heterocycles. The largest absolute Gasteiger partial charge is 0.414 e. The Morgan fingerprint density at radius 1 is 0.861 bits per heavy atom. The van der Waals surface area contributed by atoms with Gasteiger partial charge >= 0.3 is 0 Å². The molecule has 1 aromatic carbocycles. The predicted octanol–water partition coefficient (Wildman–Crippen LogP) is 6.91. The van der Waals surface area contributed by atoms with Crippen molar-refractivity contribution in [2.45, 2.75) is 103 Å². The van der Waals surface area contributed by atoms with Gasteiger partial charge in [-0.05, 0) is 48.2 Å². The molecule has 0 radical (unpaired) electrons. The van der Waals surface area contributed by atoms with Crippen LogP contribution < -0.4 is 0 Å². The number of ether oxygens (including phenoxy) is 1. The third kappa shape index (κ3) is 11.7. The molecular formula is C27H50O6SSi2. The van der Waals surface area contributed by atoms with Crippen LogP contribution in [0.5, 0.6) is 0 Å². The van der Waals surface area contributed by atoms with Crippen molar-refractivity contribution >= 4 is 26.8 Å². The first-order valence-corrected chi connectivity index (χ1v) is 20.4. The van der Waals surface area contributed by atoms with Crippen LogP contribution in [0.25, 0.3) is 0 Å². The maximum atomic E-state index is 11.3. The monoisotopic (exact) mass is 558 g/mol. The maximum Gasteiger partial charge on any atom is 0.264 e. The highest BCUT2D eigenvalue weighted by Crippen LogP contribution is 2.40. The third-order valence-corrected chi connectivity index (χ3v) is 16.9. The number of benzene rings is 1. The van der Waals surface area contributed by atoms with Crippen LogP contribution in [0.1, 0.15) is 53.5 Å². The first kappa shape index (κ1) is 33.2. The van der Waals surface area contributed by atoms with E-state index in [4.69, 9.17) is 17.8 Å². The molecule has 0 aromatic heterocycles. The Morgan fingerprint density at radius 2 is 1.42 bits per heavy atom. The molecule has 0 unspecified atom stereocenters. The van der Waals surface area contributed by atoms with Gasteiger partial charge in [0.2, 0.25) is 0 Å². The van der Waals surface area contributed by atoms with Gasteiger partial charge in [-0.15, -0.1) is 0 Å². The Bertz CT molecular complexity index is 916. The molecule has 0 bridgehead atoms. The summed E-state index contributed by atoms with van der Waals surface area (Å²) in [5, 5.41) is 0.114. The molecule has 0 fully saturated rings. The lowest BCUT2D eigenvalue weighted by Crippen LogP contribution is -2.51. The van der Waals surface area contributed by atoms with Crippen LogP contribution in [-0.2, 0) is 34.5 Å². The summed E-state index contributed by atoms with van der Waals surface area (Å²) in [6.07, 6.45) is 4.71. The summed E-state index contributed by atoms with van der Waals surface area (Å²) in [5.41, 5.74) is 1.09. The quantitative estimate of drug-likeness (QED) is 0.140. The predicted molar refractivity (Wildman–Crippen MR) is 155 cm³/mol. The molecule has 0 spiro atoms. The Hall–Kier alpha value is -0.816. The topological polar surface area (TPSA) is 71.1 Å². The van der Waals surface area contributed by atoms with E-state index in [0.717, 1.165) is 11.8 Å². The Balaban J connectivity index is 3.21. The second kappa shape index (κ2) is 13.3. The SMILES string of the molecule is CC(C)(C)[Si](C)(C)OC[C@@H](O[Si](C)(C)C(C)(C)C)[C@H](C/C=C/COS(C)(=O)=O)OCc1ccccc1. The van der Waals surface area contributed by atoms with Crippen molar-refractivity contribution in [3.63, 3.8) is 0 Å². The van der Waals surface area contributed by atoms with Crippen molar-refractivity contribution in [1.29, 1.82) is 0 Å². The van der Waals surface area contributed by atoms with Crippen LogP contribution in [0, 0.1) is 0 Å². The Kier molecular flexibility index (Phi) is 12.3. The molecule has 0 aliphatic carbocycles. The molecule has 0 saturated carbocycles.